The van der Waals surface area contributed by atoms with Gasteiger partial charge in [0, 0.05) is 26.2 Å². The molecule has 3 rings (SSSR count). The smallest absolute Gasteiger partial charge is 0.408 e. The van der Waals surface area contributed by atoms with E-state index in [4.69, 9.17) is 9.47 Å². The molecule has 1 fully saturated rings. The van der Waals surface area contributed by atoms with Crippen molar-refractivity contribution < 1.29 is 19.1 Å². The number of morpholine rings is 1. The van der Waals surface area contributed by atoms with Crippen molar-refractivity contribution in [3.05, 3.63) is 71.8 Å². The molecule has 7 nitrogen and oxygen atoms in total. The third kappa shape index (κ3) is 6.89. The van der Waals surface area contributed by atoms with Crippen molar-refractivity contribution >= 4 is 12.0 Å². The molecule has 154 valence electrons. The lowest BCUT2D eigenvalue weighted by atomic mass is 10.1. The zero-order valence-electron chi connectivity index (χ0n) is 16.4. The average Bonchev–Trinajstić information content (AvgIpc) is 2.78. The van der Waals surface area contributed by atoms with E-state index in [0.717, 1.165) is 38.4 Å². The molecule has 0 bridgehead atoms. The van der Waals surface area contributed by atoms with Crippen LogP contribution in [-0.4, -0.2) is 56.3 Å². The SMILES string of the molecule is O=C(N[C@H](C(=O)NCCN1CCOCC1)c1ccccc1)OCc1ccccc1. The molecule has 2 N–H and O–H groups in total. The molecule has 1 heterocycles. The maximum absolute atomic E-state index is 12.8. The van der Waals surface area contributed by atoms with Crippen LogP contribution < -0.4 is 10.6 Å². The number of ether oxygens (including phenoxy) is 2. The summed E-state index contributed by atoms with van der Waals surface area (Å²) in [6.07, 6.45) is -0.633. The van der Waals surface area contributed by atoms with Gasteiger partial charge < -0.3 is 20.1 Å². The number of hydrogen-bond donors (Lipinski definition) is 2. The van der Waals surface area contributed by atoms with Gasteiger partial charge in [0.25, 0.3) is 0 Å². The number of carbonyl (C=O) groups is 2. The highest BCUT2D eigenvalue weighted by Gasteiger charge is 2.23. The van der Waals surface area contributed by atoms with Crippen LogP contribution >= 0.6 is 0 Å². The van der Waals surface area contributed by atoms with Gasteiger partial charge >= 0.3 is 6.09 Å². The molecule has 0 aliphatic carbocycles. The highest BCUT2D eigenvalue weighted by atomic mass is 16.5. The fourth-order valence-electron chi connectivity index (χ4n) is 3.09. The van der Waals surface area contributed by atoms with Crippen molar-refractivity contribution in [3.63, 3.8) is 0 Å². The quantitative estimate of drug-likeness (QED) is 0.713. The molecule has 0 saturated carbocycles. The minimum Gasteiger partial charge on any atom is -0.445 e. The van der Waals surface area contributed by atoms with E-state index in [9.17, 15) is 9.59 Å². The van der Waals surface area contributed by atoms with Gasteiger partial charge in [-0.3, -0.25) is 9.69 Å². The summed E-state index contributed by atoms with van der Waals surface area (Å²) in [5, 5.41) is 5.60. The minimum atomic E-state index is -0.816. The first kappa shape index (κ1) is 20.8. The molecule has 0 radical (unpaired) electrons. The van der Waals surface area contributed by atoms with Crippen molar-refractivity contribution in [3.8, 4) is 0 Å². The van der Waals surface area contributed by atoms with Crippen LogP contribution in [0.3, 0.4) is 0 Å². The standard InChI is InChI=1S/C22H27N3O4/c26-21(23-11-12-25-13-15-28-16-14-25)20(19-9-5-2-6-10-19)24-22(27)29-17-18-7-3-1-4-8-18/h1-10,20H,11-17H2,(H,23,26)(H,24,27)/t20-/m0/s1. The highest BCUT2D eigenvalue weighted by Crippen LogP contribution is 2.13. The molecule has 0 spiro atoms. The van der Waals surface area contributed by atoms with Crippen molar-refractivity contribution in [2.24, 2.45) is 0 Å². The van der Waals surface area contributed by atoms with E-state index in [1.54, 1.807) is 0 Å². The van der Waals surface area contributed by atoms with Crippen molar-refractivity contribution in [1.82, 2.24) is 15.5 Å². The second-order valence-corrected chi connectivity index (χ2v) is 6.79. The minimum absolute atomic E-state index is 0.146. The summed E-state index contributed by atoms with van der Waals surface area (Å²) in [6, 6.07) is 17.7. The van der Waals surface area contributed by atoms with Gasteiger partial charge in [0.15, 0.2) is 0 Å². The molecule has 2 aromatic rings. The second-order valence-electron chi connectivity index (χ2n) is 6.79. The van der Waals surface area contributed by atoms with Gasteiger partial charge in [-0.1, -0.05) is 60.7 Å². The van der Waals surface area contributed by atoms with E-state index < -0.39 is 12.1 Å². The van der Waals surface area contributed by atoms with Crippen molar-refractivity contribution in [2.75, 3.05) is 39.4 Å². The van der Waals surface area contributed by atoms with Crippen LogP contribution in [0.4, 0.5) is 4.79 Å². The number of nitrogens with zero attached hydrogens (tertiary/aromatic N) is 1. The predicted molar refractivity (Wildman–Crippen MR) is 109 cm³/mol. The van der Waals surface area contributed by atoms with E-state index in [1.807, 2.05) is 60.7 Å². The summed E-state index contributed by atoms with van der Waals surface area (Å²) in [5.41, 5.74) is 1.59. The van der Waals surface area contributed by atoms with Gasteiger partial charge in [-0.05, 0) is 11.1 Å². The monoisotopic (exact) mass is 397 g/mol. The number of alkyl carbamates (subject to hydrolysis) is 1. The molecule has 1 aliphatic rings. The Morgan fingerprint density at radius 3 is 2.34 bits per heavy atom. The summed E-state index contributed by atoms with van der Waals surface area (Å²) in [7, 11) is 0. The maximum atomic E-state index is 12.8. The molecular formula is C22H27N3O4. The Bertz CT molecular complexity index is 764. The zero-order valence-corrected chi connectivity index (χ0v) is 16.4. The number of hydrogen-bond acceptors (Lipinski definition) is 5. The van der Waals surface area contributed by atoms with Crippen molar-refractivity contribution in [2.45, 2.75) is 12.6 Å². The van der Waals surface area contributed by atoms with Crippen LogP contribution in [0, 0.1) is 0 Å². The van der Waals surface area contributed by atoms with E-state index in [0.29, 0.717) is 12.1 Å². The first-order chi connectivity index (χ1) is 14.2. The lowest BCUT2D eigenvalue weighted by Gasteiger charge is -2.27. The molecule has 0 unspecified atom stereocenters. The Hall–Kier alpha value is -2.90. The zero-order chi connectivity index (χ0) is 20.3. The summed E-state index contributed by atoms with van der Waals surface area (Å²) in [5.74, 6) is -0.263. The number of carbonyl (C=O) groups excluding carboxylic acids is 2. The van der Waals surface area contributed by atoms with Crippen LogP contribution in [0.15, 0.2) is 60.7 Å². The first-order valence-electron chi connectivity index (χ1n) is 9.82. The van der Waals surface area contributed by atoms with Gasteiger partial charge in [-0.15, -0.1) is 0 Å². The summed E-state index contributed by atoms with van der Waals surface area (Å²) >= 11 is 0. The first-order valence-corrected chi connectivity index (χ1v) is 9.82. The van der Waals surface area contributed by atoms with Crippen LogP contribution in [0.5, 0.6) is 0 Å². The molecule has 0 aromatic heterocycles. The molecular weight excluding hydrogens is 370 g/mol. The molecule has 1 saturated heterocycles. The van der Waals surface area contributed by atoms with E-state index in [-0.39, 0.29) is 12.5 Å². The highest BCUT2D eigenvalue weighted by molar-refractivity contribution is 5.86. The summed E-state index contributed by atoms with van der Waals surface area (Å²) < 4.78 is 10.6. The second kappa shape index (κ2) is 11.2. The van der Waals surface area contributed by atoms with Crippen LogP contribution in [-0.2, 0) is 20.9 Å². The summed E-state index contributed by atoms with van der Waals surface area (Å²) in [6.45, 7) is 4.56. The van der Waals surface area contributed by atoms with Gasteiger partial charge in [0.05, 0.1) is 13.2 Å². The van der Waals surface area contributed by atoms with Crippen LogP contribution in [0.1, 0.15) is 17.2 Å². The average molecular weight is 397 g/mol. The molecule has 7 heteroatoms. The van der Waals surface area contributed by atoms with E-state index in [2.05, 4.69) is 15.5 Å². The Kier molecular flexibility index (Phi) is 8.03. The molecule has 29 heavy (non-hydrogen) atoms. The van der Waals surface area contributed by atoms with Crippen LogP contribution in [0.25, 0.3) is 0 Å². The Morgan fingerprint density at radius 2 is 1.66 bits per heavy atom. The number of benzene rings is 2. The maximum Gasteiger partial charge on any atom is 0.408 e. The number of amides is 2. The number of rotatable bonds is 8. The van der Waals surface area contributed by atoms with Crippen LogP contribution in [0.2, 0.25) is 0 Å². The predicted octanol–water partition coefficient (Wildman–Crippen LogP) is 2.10. The fraction of sp³-hybridized carbons (Fsp3) is 0.364. The van der Waals surface area contributed by atoms with E-state index >= 15 is 0 Å². The molecule has 2 amide bonds. The fourth-order valence-corrected chi connectivity index (χ4v) is 3.09. The van der Waals surface area contributed by atoms with Gasteiger partial charge in [-0.25, -0.2) is 4.79 Å². The Labute approximate surface area is 171 Å². The normalized spacial score (nSPS) is 15.3. The summed E-state index contributed by atoms with van der Waals surface area (Å²) in [4.78, 5) is 27.3. The largest absolute Gasteiger partial charge is 0.445 e. The topological polar surface area (TPSA) is 79.9 Å². The lowest BCUT2D eigenvalue weighted by molar-refractivity contribution is -0.123. The molecule has 1 atom stereocenters. The van der Waals surface area contributed by atoms with E-state index in [1.165, 1.54) is 0 Å². The van der Waals surface area contributed by atoms with Gasteiger partial charge in [0.2, 0.25) is 5.91 Å². The number of nitrogens with one attached hydrogen (secondary N) is 2. The van der Waals surface area contributed by atoms with Crippen molar-refractivity contribution in [1.29, 1.82) is 0 Å². The Morgan fingerprint density at radius 1 is 1.00 bits per heavy atom. The van der Waals surface area contributed by atoms with Gasteiger partial charge in [-0.2, -0.15) is 0 Å². The lowest BCUT2D eigenvalue weighted by Crippen LogP contribution is -2.45. The molecule has 2 aromatic carbocycles. The third-order valence-corrected chi connectivity index (χ3v) is 4.70. The third-order valence-electron chi connectivity index (χ3n) is 4.70. The van der Waals surface area contributed by atoms with Gasteiger partial charge in [0.1, 0.15) is 12.6 Å². The molecule has 1 aliphatic heterocycles. The Balaban J connectivity index is 1.54.